The van der Waals surface area contributed by atoms with Crippen LogP contribution < -0.4 is 5.73 Å². The van der Waals surface area contributed by atoms with Crippen molar-refractivity contribution < 1.29 is 4.74 Å². The highest BCUT2D eigenvalue weighted by molar-refractivity contribution is 5.29. The van der Waals surface area contributed by atoms with E-state index in [2.05, 4.69) is 47.7 Å². The summed E-state index contributed by atoms with van der Waals surface area (Å²) < 4.78 is 7.67. The molecule has 2 N–H and O–H groups in total. The van der Waals surface area contributed by atoms with Crippen molar-refractivity contribution in [3.05, 3.63) is 53.6 Å². The first-order chi connectivity index (χ1) is 10.2. The van der Waals surface area contributed by atoms with E-state index in [1.54, 1.807) is 0 Å². The van der Waals surface area contributed by atoms with Crippen LogP contribution in [0.5, 0.6) is 0 Å². The third-order valence-electron chi connectivity index (χ3n) is 4.57. The topological polar surface area (TPSA) is 53.1 Å². The number of nitrogens with zero attached hydrogens (tertiary/aromatic N) is 2. The van der Waals surface area contributed by atoms with Crippen LogP contribution in [-0.4, -0.2) is 22.8 Å². The molecule has 2 aromatic rings. The van der Waals surface area contributed by atoms with Gasteiger partial charge in [0.1, 0.15) is 0 Å². The second-order valence-corrected chi connectivity index (χ2v) is 5.91. The van der Waals surface area contributed by atoms with Gasteiger partial charge in [-0.1, -0.05) is 24.3 Å². The van der Waals surface area contributed by atoms with Gasteiger partial charge in [-0.15, -0.1) is 0 Å². The van der Waals surface area contributed by atoms with Crippen LogP contribution in [0.3, 0.4) is 0 Å². The summed E-state index contributed by atoms with van der Waals surface area (Å²) in [5.41, 5.74) is 10.2. The first kappa shape index (κ1) is 14.3. The molecule has 0 spiro atoms. The number of imidazole rings is 1. The second kappa shape index (κ2) is 6.00. The summed E-state index contributed by atoms with van der Waals surface area (Å²) in [5, 5.41) is 0. The Morgan fingerprint density at radius 2 is 2.19 bits per heavy atom. The van der Waals surface area contributed by atoms with Gasteiger partial charge in [-0.2, -0.15) is 0 Å². The van der Waals surface area contributed by atoms with E-state index in [1.165, 1.54) is 11.1 Å². The van der Waals surface area contributed by atoms with Crippen molar-refractivity contribution in [2.24, 2.45) is 11.7 Å². The van der Waals surface area contributed by atoms with Gasteiger partial charge in [0.15, 0.2) is 0 Å². The molecular formula is C17H23N3O. The summed E-state index contributed by atoms with van der Waals surface area (Å²) >= 11 is 0. The van der Waals surface area contributed by atoms with Crippen molar-refractivity contribution in [2.45, 2.75) is 32.4 Å². The summed E-state index contributed by atoms with van der Waals surface area (Å²) in [4.78, 5) is 4.33. The molecule has 1 aliphatic rings. The number of aryl methyl sites for hydroxylation is 1. The molecule has 112 valence electrons. The average molecular weight is 285 g/mol. The van der Waals surface area contributed by atoms with Gasteiger partial charge in [0.05, 0.1) is 30.7 Å². The molecule has 1 aromatic carbocycles. The maximum Gasteiger partial charge on any atom is 0.0954 e. The van der Waals surface area contributed by atoms with E-state index in [4.69, 9.17) is 10.5 Å². The van der Waals surface area contributed by atoms with Crippen molar-refractivity contribution >= 4 is 0 Å². The standard InChI is InChI=1S/C17H23N3O/c1-12-5-3-4-6-15(12)13(2)20-11-19-9-16(20)17(18)14-7-8-21-10-14/h3-6,9,11,13-14,17H,7-8,10,18H2,1-2H3. The zero-order chi connectivity index (χ0) is 14.8. The minimum Gasteiger partial charge on any atom is -0.381 e. The van der Waals surface area contributed by atoms with Gasteiger partial charge < -0.3 is 15.0 Å². The van der Waals surface area contributed by atoms with E-state index >= 15 is 0 Å². The van der Waals surface area contributed by atoms with Crippen molar-refractivity contribution in [1.29, 1.82) is 0 Å². The van der Waals surface area contributed by atoms with Crippen LogP contribution in [0, 0.1) is 12.8 Å². The Labute approximate surface area is 125 Å². The highest BCUT2D eigenvalue weighted by atomic mass is 16.5. The summed E-state index contributed by atoms with van der Waals surface area (Å²) in [7, 11) is 0. The van der Waals surface area contributed by atoms with E-state index in [-0.39, 0.29) is 12.1 Å². The fourth-order valence-corrected chi connectivity index (χ4v) is 3.18. The number of ether oxygens (including phenoxy) is 1. The van der Waals surface area contributed by atoms with Gasteiger partial charge in [0, 0.05) is 18.7 Å². The molecule has 0 bridgehead atoms. The summed E-state index contributed by atoms with van der Waals surface area (Å²) in [6, 6.07) is 8.70. The number of aromatic nitrogens is 2. The Hall–Kier alpha value is -1.65. The fraction of sp³-hybridized carbons (Fsp3) is 0.471. The van der Waals surface area contributed by atoms with Crippen molar-refractivity contribution in [2.75, 3.05) is 13.2 Å². The Bertz CT molecular complexity index is 602. The molecule has 4 heteroatoms. The molecule has 0 saturated carbocycles. The Balaban J connectivity index is 1.89. The minimum atomic E-state index is -0.0125. The fourth-order valence-electron chi connectivity index (χ4n) is 3.18. The Morgan fingerprint density at radius 3 is 2.90 bits per heavy atom. The lowest BCUT2D eigenvalue weighted by Crippen LogP contribution is -2.25. The summed E-state index contributed by atoms with van der Waals surface area (Å²) in [5.74, 6) is 0.393. The molecule has 1 fully saturated rings. The van der Waals surface area contributed by atoms with Gasteiger partial charge in [-0.25, -0.2) is 4.98 Å². The molecular weight excluding hydrogens is 262 g/mol. The third kappa shape index (κ3) is 2.74. The van der Waals surface area contributed by atoms with Gasteiger partial charge in [-0.05, 0) is 31.4 Å². The van der Waals surface area contributed by atoms with Crippen LogP contribution in [0.15, 0.2) is 36.8 Å². The highest BCUT2D eigenvalue weighted by Crippen LogP contribution is 2.30. The molecule has 2 heterocycles. The molecule has 0 aliphatic carbocycles. The molecule has 1 aliphatic heterocycles. The number of hydrogen-bond acceptors (Lipinski definition) is 3. The van der Waals surface area contributed by atoms with E-state index in [0.29, 0.717) is 5.92 Å². The monoisotopic (exact) mass is 285 g/mol. The largest absolute Gasteiger partial charge is 0.381 e. The first-order valence-electron chi connectivity index (χ1n) is 7.59. The SMILES string of the molecule is Cc1ccccc1C(C)n1cncc1C(N)C1CCOC1. The van der Waals surface area contributed by atoms with Crippen molar-refractivity contribution in [3.63, 3.8) is 0 Å². The Morgan fingerprint density at radius 1 is 1.38 bits per heavy atom. The maximum atomic E-state index is 6.46. The lowest BCUT2D eigenvalue weighted by Gasteiger charge is -2.24. The van der Waals surface area contributed by atoms with E-state index in [0.717, 1.165) is 25.3 Å². The van der Waals surface area contributed by atoms with Crippen molar-refractivity contribution in [3.8, 4) is 0 Å². The van der Waals surface area contributed by atoms with Crippen LogP contribution in [0.2, 0.25) is 0 Å². The molecule has 4 nitrogen and oxygen atoms in total. The van der Waals surface area contributed by atoms with Gasteiger partial charge in [0.25, 0.3) is 0 Å². The number of benzene rings is 1. The minimum absolute atomic E-state index is 0.0125. The smallest absolute Gasteiger partial charge is 0.0954 e. The predicted molar refractivity (Wildman–Crippen MR) is 83.1 cm³/mol. The molecule has 3 unspecified atom stereocenters. The molecule has 0 amide bonds. The van der Waals surface area contributed by atoms with Gasteiger partial charge in [-0.3, -0.25) is 0 Å². The summed E-state index contributed by atoms with van der Waals surface area (Å²) in [6.07, 6.45) is 4.82. The second-order valence-electron chi connectivity index (χ2n) is 5.91. The van der Waals surface area contributed by atoms with E-state index in [9.17, 15) is 0 Å². The normalized spacial score (nSPS) is 21.4. The zero-order valence-electron chi connectivity index (χ0n) is 12.7. The number of rotatable bonds is 4. The lowest BCUT2D eigenvalue weighted by molar-refractivity contribution is 0.180. The van der Waals surface area contributed by atoms with Crippen LogP contribution in [-0.2, 0) is 4.74 Å². The van der Waals surface area contributed by atoms with E-state index < -0.39 is 0 Å². The van der Waals surface area contributed by atoms with Crippen molar-refractivity contribution in [1.82, 2.24) is 9.55 Å². The number of nitrogens with two attached hydrogens (primary N) is 1. The summed E-state index contributed by atoms with van der Waals surface area (Å²) in [6.45, 7) is 5.92. The van der Waals surface area contributed by atoms with Crippen LogP contribution >= 0.6 is 0 Å². The quantitative estimate of drug-likeness (QED) is 0.939. The molecule has 0 radical (unpaired) electrons. The highest BCUT2D eigenvalue weighted by Gasteiger charge is 2.27. The lowest BCUT2D eigenvalue weighted by atomic mass is 9.96. The third-order valence-corrected chi connectivity index (χ3v) is 4.57. The van der Waals surface area contributed by atoms with Gasteiger partial charge in [0.2, 0.25) is 0 Å². The number of hydrogen-bond donors (Lipinski definition) is 1. The molecule has 1 saturated heterocycles. The predicted octanol–water partition coefficient (Wildman–Crippen LogP) is 2.84. The van der Waals surface area contributed by atoms with E-state index in [1.807, 2.05) is 12.5 Å². The molecule has 3 rings (SSSR count). The molecule has 3 atom stereocenters. The van der Waals surface area contributed by atoms with Gasteiger partial charge >= 0.3 is 0 Å². The molecule has 21 heavy (non-hydrogen) atoms. The van der Waals surface area contributed by atoms with Crippen LogP contribution in [0.25, 0.3) is 0 Å². The Kier molecular flexibility index (Phi) is 4.08. The zero-order valence-corrected chi connectivity index (χ0v) is 12.7. The van der Waals surface area contributed by atoms with Crippen LogP contribution in [0.1, 0.15) is 42.2 Å². The average Bonchev–Trinajstić information content (AvgIpc) is 3.17. The first-order valence-corrected chi connectivity index (χ1v) is 7.59. The van der Waals surface area contributed by atoms with Crippen LogP contribution in [0.4, 0.5) is 0 Å². The molecule has 1 aromatic heterocycles. The maximum absolute atomic E-state index is 6.46.